The second-order valence-electron chi connectivity index (χ2n) is 7.23. The molecule has 0 unspecified atom stereocenters. The highest BCUT2D eigenvalue weighted by Gasteiger charge is 2.19. The molecule has 0 aliphatic rings. The number of fused-ring (bicyclic) bond motifs is 1. The molecule has 156 valence electrons. The van der Waals surface area contributed by atoms with E-state index < -0.39 is 16.1 Å². The summed E-state index contributed by atoms with van der Waals surface area (Å²) in [6, 6.07) is 10.2. The smallest absolute Gasteiger partial charge is 0.308 e. The van der Waals surface area contributed by atoms with E-state index in [1.165, 1.54) is 5.56 Å². The van der Waals surface area contributed by atoms with Crippen molar-refractivity contribution in [3.63, 3.8) is 0 Å². The van der Waals surface area contributed by atoms with Crippen molar-refractivity contribution < 1.29 is 13.2 Å². The van der Waals surface area contributed by atoms with Crippen molar-refractivity contribution in [3.05, 3.63) is 57.2 Å². The molecule has 2 aromatic carbocycles. The van der Waals surface area contributed by atoms with Crippen LogP contribution in [-0.2, 0) is 16.6 Å². The molecular formula is C21H26N2O4S2. The van der Waals surface area contributed by atoms with Crippen molar-refractivity contribution in [2.75, 3.05) is 6.61 Å². The van der Waals surface area contributed by atoms with E-state index in [1.807, 2.05) is 39.0 Å². The molecule has 0 spiro atoms. The summed E-state index contributed by atoms with van der Waals surface area (Å²) in [7, 11) is -3.72. The summed E-state index contributed by atoms with van der Waals surface area (Å²) < 4.78 is 36.3. The van der Waals surface area contributed by atoms with E-state index in [2.05, 4.69) is 4.72 Å². The number of rotatable bonds is 8. The Morgan fingerprint density at radius 2 is 1.90 bits per heavy atom. The predicted molar refractivity (Wildman–Crippen MR) is 118 cm³/mol. The number of sulfonamides is 1. The highest BCUT2D eigenvalue weighted by molar-refractivity contribution is 7.89. The molecule has 3 rings (SSSR count). The third kappa shape index (κ3) is 4.88. The number of benzene rings is 2. The zero-order valence-corrected chi connectivity index (χ0v) is 18.7. The van der Waals surface area contributed by atoms with Crippen LogP contribution in [0, 0.1) is 13.8 Å². The Bertz CT molecular complexity index is 1180. The number of nitrogens with zero attached hydrogens (tertiary/aromatic N) is 1. The summed E-state index contributed by atoms with van der Waals surface area (Å²) in [4.78, 5) is 12.2. The summed E-state index contributed by atoms with van der Waals surface area (Å²) in [5.41, 5.74) is 3.07. The molecule has 29 heavy (non-hydrogen) atoms. The van der Waals surface area contributed by atoms with Gasteiger partial charge in [-0.25, -0.2) is 13.1 Å². The van der Waals surface area contributed by atoms with Crippen molar-refractivity contribution in [3.8, 4) is 5.75 Å². The predicted octanol–water partition coefficient (Wildman–Crippen LogP) is 3.84. The summed E-state index contributed by atoms with van der Waals surface area (Å²) in [5.74, 6) is 0.711. The van der Waals surface area contributed by atoms with Gasteiger partial charge in [0, 0.05) is 6.54 Å². The van der Waals surface area contributed by atoms with Gasteiger partial charge >= 0.3 is 4.87 Å². The molecule has 0 saturated heterocycles. The van der Waals surface area contributed by atoms with Crippen LogP contribution >= 0.6 is 11.3 Å². The minimum absolute atomic E-state index is 0.0699. The second-order valence-corrected chi connectivity index (χ2v) is 9.94. The molecule has 1 heterocycles. The van der Waals surface area contributed by atoms with E-state index in [0.29, 0.717) is 17.0 Å². The van der Waals surface area contributed by atoms with E-state index in [1.54, 1.807) is 29.7 Å². The van der Waals surface area contributed by atoms with Crippen LogP contribution in [0.5, 0.6) is 5.75 Å². The fraction of sp³-hybridized carbons (Fsp3) is 0.381. The normalized spacial score (nSPS) is 13.0. The third-order valence-corrected chi connectivity index (χ3v) is 7.26. The van der Waals surface area contributed by atoms with Gasteiger partial charge < -0.3 is 4.74 Å². The molecule has 0 bridgehead atoms. The summed E-state index contributed by atoms with van der Waals surface area (Å²) in [6.07, 6.45) is 0.839. The molecule has 1 atom stereocenters. The number of hydrogen-bond acceptors (Lipinski definition) is 5. The van der Waals surface area contributed by atoms with Crippen LogP contribution < -0.4 is 14.3 Å². The first-order valence-corrected chi connectivity index (χ1v) is 11.9. The number of nitrogens with one attached hydrogen (secondary N) is 1. The van der Waals surface area contributed by atoms with Crippen molar-refractivity contribution in [1.82, 2.24) is 9.29 Å². The van der Waals surface area contributed by atoms with E-state index in [-0.39, 0.29) is 16.4 Å². The van der Waals surface area contributed by atoms with E-state index in [4.69, 9.17) is 4.74 Å². The molecular weight excluding hydrogens is 408 g/mol. The van der Waals surface area contributed by atoms with Gasteiger partial charge in [0.2, 0.25) is 10.0 Å². The van der Waals surface area contributed by atoms with Crippen LogP contribution in [0.1, 0.15) is 31.4 Å². The molecule has 0 amide bonds. The largest absolute Gasteiger partial charge is 0.492 e. The topological polar surface area (TPSA) is 77.4 Å². The van der Waals surface area contributed by atoms with Gasteiger partial charge in [0.1, 0.15) is 12.4 Å². The van der Waals surface area contributed by atoms with Crippen molar-refractivity contribution >= 4 is 31.6 Å². The van der Waals surface area contributed by atoms with Gasteiger partial charge in [-0.05, 0) is 68.7 Å². The number of aromatic nitrogens is 1. The minimum Gasteiger partial charge on any atom is -0.492 e. The molecule has 0 saturated carbocycles. The first-order chi connectivity index (χ1) is 13.7. The summed E-state index contributed by atoms with van der Waals surface area (Å²) in [6.45, 7) is 8.62. The van der Waals surface area contributed by atoms with Crippen LogP contribution in [0.2, 0.25) is 0 Å². The van der Waals surface area contributed by atoms with Gasteiger partial charge in [-0.1, -0.05) is 24.3 Å². The maximum atomic E-state index is 12.8. The second kappa shape index (κ2) is 8.69. The van der Waals surface area contributed by atoms with Gasteiger partial charge in [-0.3, -0.25) is 9.36 Å². The lowest BCUT2D eigenvalue weighted by Gasteiger charge is -2.16. The Balaban J connectivity index is 1.72. The van der Waals surface area contributed by atoms with Gasteiger partial charge in [0.05, 0.1) is 21.2 Å². The van der Waals surface area contributed by atoms with Crippen LogP contribution in [0.15, 0.2) is 46.1 Å². The first kappa shape index (κ1) is 21.5. The Morgan fingerprint density at radius 3 is 2.59 bits per heavy atom. The molecule has 0 aliphatic heterocycles. The molecule has 6 nitrogen and oxygen atoms in total. The zero-order valence-electron chi connectivity index (χ0n) is 17.1. The fourth-order valence-corrected chi connectivity index (χ4v) is 5.33. The maximum Gasteiger partial charge on any atom is 0.308 e. The van der Waals surface area contributed by atoms with E-state index in [9.17, 15) is 13.2 Å². The Hall–Kier alpha value is -2.16. The molecule has 0 radical (unpaired) electrons. The first-order valence-electron chi connectivity index (χ1n) is 9.57. The maximum absolute atomic E-state index is 12.8. The summed E-state index contributed by atoms with van der Waals surface area (Å²) in [5, 5.41) is 0. The molecule has 0 aliphatic carbocycles. The van der Waals surface area contributed by atoms with Crippen LogP contribution in [0.3, 0.4) is 0 Å². The number of aryl methyl sites for hydroxylation is 3. The molecule has 1 N–H and O–H groups in total. The molecule has 8 heteroatoms. The number of thiazole rings is 1. The standard InChI is InChI=1S/C21H26N2O4S2/c1-5-10-23-19-9-8-18(12-20(19)28-21(23)24)29(25,26)22-16(4)13-27-17-7-6-14(2)15(3)11-17/h6-9,11-12,16,22H,5,10,13H2,1-4H3/t16-/m1/s1. The highest BCUT2D eigenvalue weighted by Crippen LogP contribution is 2.22. The molecule has 0 fully saturated rings. The number of hydrogen-bond donors (Lipinski definition) is 1. The monoisotopic (exact) mass is 434 g/mol. The lowest BCUT2D eigenvalue weighted by molar-refractivity contribution is 0.287. The van der Waals surface area contributed by atoms with Crippen LogP contribution in [0.25, 0.3) is 10.2 Å². The molecule has 1 aromatic heterocycles. The van der Waals surface area contributed by atoms with Crippen molar-refractivity contribution in [2.24, 2.45) is 0 Å². The van der Waals surface area contributed by atoms with Crippen molar-refractivity contribution in [1.29, 1.82) is 0 Å². The average molecular weight is 435 g/mol. The van der Waals surface area contributed by atoms with Crippen molar-refractivity contribution in [2.45, 2.75) is 51.6 Å². The van der Waals surface area contributed by atoms with Gasteiger partial charge in [-0.2, -0.15) is 0 Å². The Labute approximate surface area is 175 Å². The lowest BCUT2D eigenvalue weighted by atomic mass is 10.1. The van der Waals surface area contributed by atoms with E-state index >= 15 is 0 Å². The average Bonchev–Trinajstić information content (AvgIpc) is 2.97. The number of ether oxygens (including phenoxy) is 1. The SMILES string of the molecule is CCCn1c(=O)sc2cc(S(=O)(=O)N[C@H](C)COc3ccc(C)c(C)c3)ccc21. The van der Waals surface area contributed by atoms with Gasteiger partial charge in [0.15, 0.2) is 0 Å². The van der Waals surface area contributed by atoms with Crippen LogP contribution in [-0.4, -0.2) is 25.6 Å². The summed E-state index contributed by atoms with van der Waals surface area (Å²) >= 11 is 1.07. The molecule has 3 aromatic rings. The van der Waals surface area contributed by atoms with Gasteiger partial charge in [0.25, 0.3) is 0 Å². The highest BCUT2D eigenvalue weighted by atomic mass is 32.2. The Morgan fingerprint density at radius 1 is 1.14 bits per heavy atom. The lowest BCUT2D eigenvalue weighted by Crippen LogP contribution is -2.36. The third-order valence-electron chi connectivity index (χ3n) is 4.73. The van der Waals surface area contributed by atoms with Gasteiger partial charge in [-0.15, -0.1) is 0 Å². The zero-order chi connectivity index (χ0) is 21.2. The quantitative estimate of drug-likeness (QED) is 0.584. The van der Waals surface area contributed by atoms with E-state index in [0.717, 1.165) is 28.8 Å². The Kier molecular flexibility index (Phi) is 6.45. The minimum atomic E-state index is -3.72. The van der Waals surface area contributed by atoms with Crippen LogP contribution in [0.4, 0.5) is 0 Å². The fourth-order valence-electron chi connectivity index (χ4n) is 3.04.